The van der Waals surface area contributed by atoms with Crippen molar-refractivity contribution in [1.29, 1.82) is 0 Å². The van der Waals surface area contributed by atoms with Crippen molar-refractivity contribution in [3.05, 3.63) is 68.5 Å². The smallest absolute Gasteiger partial charge is 0.328 e. The number of carbonyl (C=O) groups is 1. The highest BCUT2D eigenvalue weighted by atomic mass is 19.1. The summed E-state index contributed by atoms with van der Waals surface area (Å²) >= 11 is 0. The molecule has 8 heteroatoms. The number of H-pyrrole nitrogens is 1. The van der Waals surface area contributed by atoms with Crippen molar-refractivity contribution in [2.24, 2.45) is 0 Å². The third-order valence-corrected chi connectivity index (χ3v) is 3.02. The number of aromatic amines is 1. The van der Waals surface area contributed by atoms with Gasteiger partial charge in [0.1, 0.15) is 18.2 Å². The molecule has 116 valence electrons. The van der Waals surface area contributed by atoms with Crippen molar-refractivity contribution in [3.8, 4) is 0 Å². The number of aromatic nitrogens is 2. The van der Waals surface area contributed by atoms with E-state index in [1.165, 1.54) is 19.2 Å². The Morgan fingerprint density at radius 1 is 1.32 bits per heavy atom. The number of rotatable bonds is 4. The van der Waals surface area contributed by atoms with Crippen LogP contribution >= 0.6 is 0 Å². The third-order valence-electron chi connectivity index (χ3n) is 3.02. The molecule has 6 nitrogen and oxygen atoms in total. The van der Waals surface area contributed by atoms with E-state index in [2.05, 4.69) is 5.32 Å². The molecule has 0 saturated heterocycles. The van der Waals surface area contributed by atoms with Crippen LogP contribution in [-0.2, 0) is 11.3 Å². The molecule has 0 aliphatic rings. The van der Waals surface area contributed by atoms with Crippen molar-refractivity contribution in [2.45, 2.75) is 19.5 Å². The lowest BCUT2D eigenvalue weighted by Gasteiger charge is -2.15. The molecular formula is C14H13F2N3O3. The van der Waals surface area contributed by atoms with E-state index in [1.807, 2.05) is 4.98 Å². The lowest BCUT2D eigenvalue weighted by molar-refractivity contribution is -0.122. The van der Waals surface area contributed by atoms with Crippen LogP contribution in [0, 0.1) is 11.6 Å². The van der Waals surface area contributed by atoms with Gasteiger partial charge in [-0.05, 0) is 13.0 Å². The summed E-state index contributed by atoms with van der Waals surface area (Å²) in [6.45, 7) is 1.20. The Hall–Kier alpha value is -2.77. The second kappa shape index (κ2) is 6.33. The largest absolute Gasteiger partial charge is 0.348 e. The summed E-state index contributed by atoms with van der Waals surface area (Å²) in [5, 5.41) is 2.49. The lowest BCUT2D eigenvalue weighted by atomic mass is 10.1. The number of hydrogen-bond acceptors (Lipinski definition) is 3. The summed E-state index contributed by atoms with van der Waals surface area (Å²) in [4.78, 5) is 36.2. The van der Waals surface area contributed by atoms with E-state index in [0.717, 1.165) is 22.8 Å². The third kappa shape index (κ3) is 3.66. The fourth-order valence-corrected chi connectivity index (χ4v) is 1.94. The molecule has 0 aliphatic carbocycles. The molecule has 0 fully saturated rings. The molecule has 0 bridgehead atoms. The molecule has 1 amide bonds. The molecule has 1 aromatic heterocycles. The van der Waals surface area contributed by atoms with E-state index in [-0.39, 0.29) is 12.1 Å². The highest BCUT2D eigenvalue weighted by molar-refractivity contribution is 5.76. The van der Waals surface area contributed by atoms with Gasteiger partial charge < -0.3 is 5.32 Å². The van der Waals surface area contributed by atoms with Crippen LogP contribution < -0.4 is 16.6 Å². The van der Waals surface area contributed by atoms with Crippen LogP contribution in [0.15, 0.2) is 40.1 Å². The highest BCUT2D eigenvalue weighted by Crippen LogP contribution is 2.17. The summed E-state index contributed by atoms with van der Waals surface area (Å²) in [6, 6.07) is 3.46. The summed E-state index contributed by atoms with van der Waals surface area (Å²) in [7, 11) is 0. The zero-order chi connectivity index (χ0) is 16.3. The molecule has 22 heavy (non-hydrogen) atoms. The first-order chi connectivity index (χ1) is 10.4. The molecule has 1 heterocycles. The Balaban J connectivity index is 2.08. The molecule has 0 aliphatic heterocycles. The van der Waals surface area contributed by atoms with E-state index in [9.17, 15) is 23.2 Å². The summed E-state index contributed by atoms with van der Waals surface area (Å²) in [5.41, 5.74) is -1.16. The number of nitrogens with one attached hydrogen (secondary N) is 2. The van der Waals surface area contributed by atoms with Crippen molar-refractivity contribution in [3.63, 3.8) is 0 Å². The Labute approximate surface area is 123 Å². The average molecular weight is 309 g/mol. The maximum Gasteiger partial charge on any atom is 0.328 e. The zero-order valence-electron chi connectivity index (χ0n) is 11.6. The van der Waals surface area contributed by atoms with Crippen molar-refractivity contribution in [2.75, 3.05) is 0 Å². The van der Waals surface area contributed by atoms with Gasteiger partial charge in [-0.3, -0.25) is 19.1 Å². The summed E-state index contributed by atoms with van der Waals surface area (Å²) in [6.07, 6.45) is 1.18. The molecule has 1 aromatic carbocycles. The number of hydrogen-bond donors (Lipinski definition) is 2. The first kappa shape index (κ1) is 15.6. The van der Waals surface area contributed by atoms with Gasteiger partial charge in [-0.1, -0.05) is 6.07 Å². The normalized spacial score (nSPS) is 12.0. The molecule has 0 unspecified atom stereocenters. The Kier molecular flexibility index (Phi) is 4.50. The minimum atomic E-state index is -0.769. The molecular weight excluding hydrogens is 296 g/mol. The van der Waals surface area contributed by atoms with E-state index >= 15 is 0 Å². The Bertz CT molecular complexity index is 813. The van der Waals surface area contributed by atoms with E-state index in [4.69, 9.17) is 0 Å². The van der Waals surface area contributed by atoms with E-state index < -0.39 is 34.8 Å². The van der Waals surface area contributed by atoms with Gasteiger partial charge in [-0.15, -0.1) is 0 Å². The molecule has 2 aromatic rings. The quantitative estimate of drug-likeness (QED) is 0.871. The minimum Gasteiger partial charge on any atom is -0.348 e. The van der Waals surface area contributed by atoms with Crippen LogP contribution in [-0.4, -0.2) is 15.5 Å². The molecule has 2 N–H and O–H groups in total. The fourth-order valence-electron chi connectivity index (χ4n) is 1.94. The van der Waals surface area contributed by atoms with Gasteiger partial charge in [0.05, 0.1) is 6.04 Å². The second-order valence-electron chi connectivity index (χ2n) is 4.69. The number of nitrogens with zero attached hydrogens (tertiary/aromatic N) is 1. The second-order valence-corrected chi connectivity index (χ2v) is 4.69. The SMILES string of the molecule is C[C@@H](NC(=O)Cn1ccc(=O)[nH]c1=O)c1ccc(F)cc1F. The number of halogens is 2. The first-order valence-electron chi connectivity index (χ1n) is 6.41. The van der Waals surface area contributed by atoms with Gasteiger partial charge in [0.25, 0.3) is 5.56 Å². The van der Waals surface area contributed by atoms with Crippen LogP contribution in [0.2, 0.25) is 0 Å². The number of carbonyl (C=O) groups excluding carboxylic acids is 1. The molecule has 2 rings (SSSR count). The highest BCUT2D eigenvalue weighted by Gasteiger charge is 2.14. The maximum absolute atomic E-state index is 13.6. The monoisotopic (exact) mass is 309 g/mol. The standard InChI is InChI=1S/C14H13F2N3O3/c1-8(10-3-2-9(15)6-11(10)16)17-13(21)7-19-5-4-12(20)18-14(19)22/h2-6,8H,7H2,1H3,(H,17,21)(H,18,20,22)/t8-/m1/s1. The van der Waals surface area contributed by atoms with Gasteiger partial charge in [0.2, 0.25) is 5.91 Å². The summed E-state index contributed by atoms with van der Waals surface area (Å²) < 4.78 is 27.4. The Morgan fingerprint density at radius 3 is 2.68 bits per heavy atom. The van der Waals surface area contributed by atoms with E-state index in [0.29, 0.717) is 0 Å². The zero-order valence-corrected chi connectivity index (χ0v) is 11.6. The summed E-state index contributed by atoms with van der Waals surface area (Å²) in [5.74, 6) is -2.03. The molecule has 1 atom stereocenters. The van der Waals surface area contributed by atoms with Gasteiger partial charge in [0.15, 0.2) is 0 Å². The van der Waals surface area contributed by atoms with Gasteiger partial charge >= 0.3 is 5.69 Å². The van der Waals surface area contributed by atoms with Crippen LogP contribution in [0.4, 0.5) is 8.78 Å². The van der Waals surface area contributed by atoms with Crippen molar-refractivity contribution < 1.29 is 13.6 Å². The minimum absolute atomic E-state index is 0.128. The lowest BCUT2D eigenvalue weighted by Crippen LogP contribution is -2.36. The van der Waals surface area contributed by atoms with Crippen LogP contribution in [0.5, 0.6) is 0 Å². The molecule has 0 spiro atoms. The average Bonchev–Trinajstić information content (AvgIpc) is 2.41. The fraction of sp³-hybridized carbons (Fsp3) is 0.214. The predicted octanol–water partition coefficient (Wildman–Crippen LogP) is 0.692. The molecule has 0 radical (unpaired) electrons. The van der Waals surface area contributed by atoms with E-state index in [1.54, 1.807) is 0 Å². The maximum atomic E-state index is 13.6. The van der Waals surface area contributed by atoms with Crippen LogP contribution in [0.1, 0.15) is 18.5 Å². The van der Waals surface area contributed by atoms with Gasteiger partial charge in [-0.25, -0.2) is 13.6 Å². The van der Waals surface area contributed by atoms with Gasteiger partial charge in [0, 0.05) is 23.9 Å². The molecule has 0 saturated carbocycles. The van der Waals surface area contributed by atoms with Gasteiger partial charge in [-0.2, -0.15) is 0 Å². The number of benzene rings is 1. The predicted molar refractivity (Wildman–Crippen MR) is 74.2 cm³/mol. The first-order valence-corrected chi connectivity index (χ1v) is 6.41. The van der Waals surface area contributed by atoms with Crippen LogP contribution in [0.25, 0.3) is 0 Å². The van der Waals surface area contributed by atoms with Crippen molar-refractivity contribution >= 4 is 5.91 Å². The Morgan fingerprint density at radius 2 is 2.05 bits per heavy atom. The van der Waals surface area contributed by atoms with Crippen molar-refractivity contribution in [1.82, 2.24) is 14.9 Å². The topological polar surface area (TPSA) is 84.0 Å². The number of amides is 1. The van der Waals surface area contributed by atoms with Crippen LogP contribution in [0.3, 0.4) is 0 Å².